The van der Waals surface area contributed by atoms with Crippen molar-refractivity contribution in [3.8, 4) is 5.75 Å². The van der Waals surface area contributed by atoms with E-state index in [-0.39, 0.29) is 16.8 Å². The fourth-order valence-electron chi connectivity index (χ4n) is 3.37. The predicted molar refractivity (Wildman–Crippen MR) is 119 cm³/mol. The SMILES string of the molecule is CCNS(=O)(=O)c1ccc(/C=C/C(=O)N(c2ccc(OC)cc2)C(C)C2CC2)cc1. The number of rotatable bonds is 9. The van der Waals surface area contributed by atoms with Crippen LogP contribution < -0.4 is 14.4 Å². The highest BCUT2D eigenvalue weighted by Crippen LogP contribution is 2.37. The summed E-state index contributed by atoms with van der Waals surface area (Å²) in [6, 6.07) is 14.0. The zero-order chi connectivity index (χ0) is 21.7. The number of anilines is 1. The van der Waals surface area contributed by atoms with Crippen molar-refractivity contribution in [1.29, 1.82) is 0 Å². The molecule has 3 rings (SSSR count). The molecule has 1 fully saturated rings. The number of methoxy groups -OCH3 is 1. The fourth-order valence-corrected chi connectivity index (χ4v) is 4.42. The lowest BCUT2D eigenvalue weighted by molar-refractivity contribution is -0.114. The number of carbonyl (C=O) groups excluding carboxylic acids is 1. The van der Waals surface area contributed by atoms with Crippen LogP contribution in [0.3, 0.4) is 0 Å². The van der Waals surface area contributed by atoms with E-state index in [1.165, 1.54) is 18.2 Å². The molecule has 7 heteroatoms. The molecule has 1 atom stereocenters. The average molecular weight is 429 g/mol. The van der Waals surface area contributed by atoms with Gasteiger partial charge in [-0.05, 0) is 73.7 Å². The van der Waals surface area contributed by atoms with Crippen LogP contribution in [0.1, 0.15) is 32.3 Å². The van der Waals surface area contributed by atoms with E-state index in [4.69, 9.17) is 4.74 Å². The number of nitrogens with zero attached hydrogens (tertiary/aromatic N) is 1. The lowest BCUT2D eigenvalue weighted by atomic mass is 10.1. The quantitative estimate of drug-likeness (QED) is 0.616. The molecule has 2 aromatic rings. The molecule has 1 aliphatic rings. The molecular formula is C23H28N2O4S. The van der Waals surface area contributed by atoms with Gasteiger partial charge in [-0.25, -0.2) is 13.1 Å². The third-order valence-corrected chi connectivity index (χ3v) is 6.80. The first kappa shape index (κ1) is 22.1. The van der Waals surface area contributed by atoms with Gasteiger partial charge in [0.15, 0.2) is 0 Å². The Morgan fingerprint density at radius 2 is 1.80 bits per heavy atom. The van der Waals surface area contributed by atoms with E-state index in [1.807, 2.05) is 29.2 Å². The Balaban J connectivity index is 1.78. The Kier molecular flexibility index (Phi) is 6.95. The Morgan fingerprint density at radius 3 is 2.33 bits per heavy atom. The van der Waals surface area contributed by atoms with E-state index >= 15 is 0 Å². The van der Waals surface area contributed by atoms with Crippen molar-refractivity contribution in [3.05, 3.63) is 60.2 Å². The van der Waals surface area contributed by atoms with Crippen LogP contribution in [0.15, 0.2) is 59.5 Å². The second kappa shape index (κ2) is 9.45. The lowest BCUT2D eigenvalue weighted by Gasteiger charge is -2.28. The maximum Gasteiger partial charge on any atom is 0.251 e. The first-order valence-electron chi connectivity index (χ1n) is 10.1. The summed E-state index contributed by atoms with van der Waals surface area (Å²) in [5.74, 6) is 1.15. The molecule has 0 aromatic heterocycles. The van der Waals surface area contributed by atoms with Crippen molar-refractivity contribution >= 4 is 27.7 Å². The second-order valence-electron chi connectivity index (χ2n) is 7.39. The minimum atomic E-state index is -3.49. The summed E-state index contributed by atoms with van der Waals surface area (Å²) in [5, 5.41) is 0. The highest BCUT2D eigenvalue weighted by Gasteiger charge is 2.34. The summed E-state index contributed by atoms with van der Waals surface area (Å²) in [4.78, 5) is 15.1. The smallest absolute Gasteiger partial charge is 0.251 e. The molecule has 0 spiro atoms. The van der Waals surface area contributed by atoms with Crippen LogP contribution >= 0.6 is 0 Å². The van der Waals surface area contributed by atoms with Crippen LogP contribution in [0.4, 0.5) is 5.69 Å². The number of nitrogens with one attached hydrogen (secondary N) is 1. The number of benzene rings is 2. The standard InChI is InChI=1S/C23H28N2O4S/c1-4-24-30(27,28)22-14-5-18(6-15-22)7-16-23(26)25(17(2)19-8-9-19)20-10-12-21(29-3)13-11-20/h5-7,10-17,19,24H,4,8-9H2,1-3H3/b16-7+. The van der Waals surface area contributed by atoms with Gasteiger partial charge in [-0.15, -0.1) is 0 Å². The van der Waals surface area contributed by atoms with Crippen LogP contribution in [0.5, 0.6) is 5.75 Å². The van der Waals surface area contributed by atoms with Crippen LogP contribution in [0.25, 0.3) is 6.08 Å². The third-order valence-electron chi connectivity index (χ3n) is 5.24. The largest absolute Gasteiger partial charge is 0.497 e. The predicted octanol–water partition coefficient (Wildman–Crippen LogP) is 3.84. The van der Waals surface area contributed by atoms with Crippen LogP contribution in [0, 0.1) is 5.92 Å². The zero-order valence-corrected chi connectivity index (χ0v) is 18.4. The van der Waals surface area contributed by atoms with Crippen molar-refractivity contribution in [2.75, 3.05) is 18.6 Å². The van der Waals surface area contributed by atoms with Crippen molar-refractivity contribution < 1.29 is 17.9 Å². The molecule has 1 amide bonds. The van der Waals surface area contributed by atoms with Crippen molar-refractivity contribution in [2.45, 2.75) is 37.6 Å². The average Bonchev–Trinajstić information content (AvgIpc) is 3.58. The minimum absolute atomic E-state index is 0.100. The summed E-state index contributed by atoms with van der Waals surface area (Å²) in [6.45, 7) is 4.14. The van der Waals surface area contributed by atoms with Gasteiger partial charge in [0.05, 0.1) is 12.0 Å². The first-order chi connectivity index (χ1) is 14.4. The van der Waals surface area contributed by atoms with Gasteiger partial charge in [-0.3, -0.25) is 4.79 Å². The van der Waals surface area contributed by atoms with Gasteiger partial charge in [0.2, 0.25) is 10.0 Å². The molecule has 0 heterocycles. The Bertz CT molecular complexity index is 995. The maximum atomic E-state index is 13.1. The highest BCUT2D eigenvalue weighted by molar-refractivity contribution is 7.89. The van der Waals surface area contributed by atoms with Crippen LogP contribution in [0.2, 0.25) is 0 Å². The number of sulfonamides is 1. The number of amides is 1. The Hall–Kier alpha value is -2.64. The number of hydrogen-bond acceptors (Lipinski definition) is 4. The van der Waals surface area contributed by atoms with Crippen molar-refractivity contribution in [1.82, 2.24) is 4.72 Å². The minimum Gasteiger partial charge on any atom is -0.497 e. The van der Waals surface area contributed by atoms with E-state index in [1.54, 1.807) is 32.2 Å². The maximum absolute atomic E-state index is 13.1. The van der Waals surface area contributed by atoms with Gasteiger partial charge in [-0.1, -0.05) is 19.1 Å². The highest BCUT2D eigenvalue weighted by atomic mass is 32.2. The second-order valence-corrected chi connectivity index (χ2v) is 9.15. The molecule has 160 valence electrons. The third kappa shape index (κ3) is 5.29. The molecule has 0 saturated heterocycles. The summed E-state index contributed by atoms with van der Waals surface area (Å²) in [5.41, 5.74) is 1.59. The Labute approximate surface area is 178 Å². The molecule has 0 bridgehead atoms. The first-order valence-corrected chi connectivity index (χ1v) is 11.6. The molecule has 1 unspecified atom stereocenters. The number of carbonyl (C=O) groups is 1. The van der Waals surface area contributed by atoms with Gasteiger partial charge < -0.3 is 9.64 Å². The van der Waals surface area contributed by atoms with Crippen LogP contribution in [-0.2, 0) is 14.8 Å². The monoisotopic (exact) mass is 428 g/mol. The van der Waals surface area contributed by atoms with E-state index in [9.17, 15) is 13.2 Å². The van der Waals surface area contributed by atoms with Crippen molar-refractivity contribution in [2.24, 2.45) is 5.92 Å². The van der Waals surface area contributed by atoms with Crippen LogP contribution in [-0.4, -0.2) is 34.0 Å². The molecule has 1 saturated carbocycles. The number of ether oxygens (including phenoxy) is 1. The van der Waals surface area contributed by atoms with Gasteiger partial charge >= 0.3 is 0 Å². The van der Waals surface area contributed by atoms with Crippen molar-refractivity contribution in [3.63, 3.8) is 0 Å². The zero-order valence-electron chi connectivity index (χ0n) is 17.5. The molecule has 6 nitrogen and oxygen atoms in total. The normalized spacial score (nSPS) is 15.2. The summed E-state index contributed by atoms with van der Waals surface area (Å²) < 4.78 is 31.8. The summed E-state index contributed by atoms with van der Waals surface area (Å²) >= 11 is 0. The van der Waals surface area contributed by atoms with Gasteiger partial charge in [0.1, 0.15) is 5.75 Å². The lowest BCUT2D eigenvalue weighted by Crippen LogP contribution is -2.39. The summed E-state index contributed by atoms with van der Waals surface area (Å²) in [6.07, 6.45) is 5.51. The fraction of sp³-hybridized carbons (Fsp3) is 0.348. The van der Waals surface area contributed by atoms with Gasteiger partial charge in [0.25, 0.3) is 5.91 Å². The van der Waals surface area contributed by atoms with E-state index in [0.29, 0.717) is 12.5 Å². The molecule has 30 heavy (non-hydrogen) atoms. The molecule has 2 aromatic carbocycles. The Morgan fingerprint density at radius 1 is 1.17 bits per heavy atom. The molecule has 0 radical (unpaired) electrons. The van der Waals surface area contributed by atoms with E-state index < -0.39 is 10.0 Å². The van der Waals surface area contributed by atoms with E-state index in [2.05, 4.69) is 11.6 Å². The molecule has 1 aliphatic carbocycles. The van der Waals surface area contributed by atoms with E-state index in [0.717, 1.165) is 29.8 Å². The number of hydrogen-bond donors (Lipinski definition) is 1. The topological polar surface area (TPSA) is 75.7 Å². The van der Waals surface area contributed by atoms with Gasteiger partial charge in [0, 0.05) is 24.4 Å². The molecular weight excluding hydrogens is 400 g/mol. The molecule has 1 N–H and O–H groups in total. The molecule has 0 aliphatic heterocycles. The van der Waals surface area contributed by atoms with Gasteiger partial charge in [-0.2, -0.15) is 0 Å². The summed E-state index contributed by atoms with van der Waals surface area (Å²) in [7, 11) is -1.87.